The van der Waals surface area contributed by atoms with Crippen molar-refractivity contribution in [3.05, 3.63) is 17.6 Å². The van der Waals surface area contributed by atoms with Crippen LogP contribution >= 0.6 is 0 Å². The van der Waals surface area contributed by atoms with Gasteiger partial charge in [-0.15, -0.1) is 0 Å². The monoisotopic (exact) mass is 410 g/mol. The van der Waals surface area contributed by atoms with E-state index in [-0.39, 0.29) is 11.5 Å². The third-order valence-electron chi connectivity index (χ3n) is 9.33. The highest BCUT2D eigenvalue weighted by molar-refractivity contribution is 5.47. The van der Waals surface area contributed by atoms with Crippen LogP contribution in [-0.4, -0.2) is 45.7 Å². The van der Waals surface area contributed by atoms with Gasteiger partial charge in [0.1, 0.15) is 12.1 Å². The Bertz CT molecular complexity index is 739. The predicted octanol–water partition coefficient (Wildman–Crippen LogP) is 4.01. The second-order valence-corrected chi connectivity index (χ2v) is 11.5. The molecule has 1 aromatic rings. The third-order valence-corrected chi connectivity index (χ3v) is 9.33. The highest BCUT2D eigenvalue weighted by Crippen LogP contribution is 2.61. The topological polar surface area (TPSA) is 61.3 Å². The molecule has 7 rings (SSSR count). The molecule has 1 aliphatic heterocycles. The molecule has 2 N–H and O–H groups in total. The van der Waals surface area contributed by atoms with E-state index in [1.807, 2.05) is 0 Å². The number of fused-ring (bicyclic) bond motifs is 1. The van der Waals surface area contributed by atoms with Crippen molar-refractivity contribution in [2.24, 2.45) is 29.1 Å². The predicted molar refractivity (Wildman–Crippen MR) is 118 cm³/mol. The minimum atomic E-state index is -0.251. The summed E-state index contributed by atoms with van der Waals surface area (Å²) in [5, 5.41) is 14.8. The van der Waals surface area contributed by atoms with Gasteiger partial charge in [0.2, 0.25) is 0 Å². The van der Waals surface area contributed by atoms with Crippen LogP contribution in [0.2, 0.25) is 0 Å². The molecule has 2 heterocycles. The fraction of sp³-hybridized carbons (Fsp3) is 0.840. The average molecular weight is 411 g/mol. The van der Waals surface area contributed by atoms with E-state index in [9.17, 15) is 5.11 Å². The molecule has 0 radical (unpaired) electrons. The maximum absolute atomic E-state index is 11.3. The number of hydrogen-bond donors (Lipinski definition) is 2. The molecule has 5 aliphatic carbocycles. The lowest BCUT2D eigenvalue weighted by atomic mass is 9.48. The molecular weight excluding hydrogens is 372 g/mol. The summed E-state index contributed by atoms with van der Waals surface area (Å²) in [6, 6.07) is 0. The van der Waals surface area contributed by atoms with Crippen molar-refractivity contribution in [1.29, 1.82) is 0 Å². The van der Waals surface area contributed by atoms with Crippen molar-refractivity contribution in [1.82, 2.24) is 14.9 Å². The number of nitrogens with zero attached hydrogens (tertiary/aromatic N) is 3. The summed E-state index contributed by atoms with van der Waals surface area (Å²) in [5.41, 5.74) is 2.66. The maximum atomic E-state index is 11.3. The molecule has 0 aromatic carbocycles. The Morgan fingerprint density at radius 3 is 2.47 bits per heavy atom. The van der Waals surface area contributed by atoms with Crippen molar-refractivity contribution in [3.63, 3.8) is 0 Å². The Hall–Kier alpha value is -1.20. The zero-order valence-electron chi connectivity index (χ0n) is 18.4. The lowest BCUT2D eigenvalue weighted by molar-refractivity contribution is -0.115. The molecule has 0 spiro atoms. The van der Waals surface area contributed by atoms with E-state index in [0.29, 0.717) is 6.54 Å². The van der Waals surface area contributed by atoms with Crippen molar-refractivity contribution in [3.8, 4) is 0 Å². The van der Waals surface area contributed by atoms with Gasteiger partial charge >= 0.3 is 0 Å². The molecule has 0 amide bonds. The number of rotatable bonds is 6. The number of anilines is 1. The van der Waals surface area contributed by atoms with Crippen LogP contribution in [0.5, 0.6) is 0 Å². The second kappa shape index (κ2) is 7.74. The normalized spacial score (nSPS) is 36.8. The van der Waals surface area contributed by atoms with Gasteiger partial charge in [-0.05, 0) is 86.9 Å². The first-order valence-electron chi connectivity index (χ1n) is 12.6. The van der Waals surface area contributed by atoms with Gasteiger partial charge in [-0.2, -0.15) is 0 Å². The molecule has 5 fully saturated rings. The molecule has 6 aliphatic rings. The van der Waals surface area contributed by atoms with E-state index >= 15 is 0 Å². The van der Waals surface area contributed by atoms with Crippen LogP contribution in [0.15, 0.2) is 6.33 Å². The summed E-state index contributed by atoms with van der Waals surface area (Å²) < 4.78 is 0. The minimum absolute atomic E-state index is 0.174. The third kappa shape index (κ3) is 3.56. The Morgan fingerprint density at radius 1 is 1.07 bits per heavy atom. The van der Waals surface area contributed by atoms with Crippen LogP contribution in [0.3, 0.4) is 0 Å². The molecule has 1 unspecified atom stereocenters. The van der Waals surface area contributed by atoms with Gasteiger partial charge in [0.05, 0.1) is 11.8 Å². The van der Waals surface area contributed by atoms with Gasteiger partial charge in [0.25, 0.3) is 0 Å². The van der Waals surface area contributed by atoms with Crippen molar-refractivity contribution in [2.45, 2.75) is 83.3 Å². The Morgan fingerprint density at radius 2 is 1.77 bits per heavy atom. The van der Waals surface area contributed by atoms with Crippen LogP contribution in [0, 0.1) is 29.1 Å². The Balaban J connectivity index is 1.10. The van der Waals surface area contributed by atoms with Gasteiger partial charge in [-0.1, -0.05) is 12.8 Å². The van der Waals surface area contributed by atoms with E-state index in [1.54, 1.807) is 6.33 Å². The first-order valence-corrected chi connectivity index (χ1v) is 12.6. The van der Waals surface area contributed by atoms with Crippen molar-refractivity contribution < 1.29 is 5.11 Å². The molecule has 1 aromatic heterocycles. The summed E-state index contributed by atoms with van der Waals surface area (Å²) >= 11 is 0. The van der Waals surface area contributed by atoms with Gasteiger partial charge < -0.3 is 10.4 Å². The van der Waals surface area contributed by atoms with Gasteiger partial charge in [0, 0.05) is 31.7 Å². The van der Waals surface area contributed by atoms with Crippen LogP contribution in [0.25, 0.3) is 0 Å². The number of aliphatic hydroxyl groups is 1. The highest BCUT2D eigenvalue weighted by Gasteiger charge is 2.53. The molecule has 1 atom stereocenters. The lowest BCUT2D eigenvalue weighted by Crippen LogP contribution is -2.53. The van der Waals surface area contributed by atoms with Gasteiger partial charge in [0.15, 0.2) is 0 Å². The lowest BCUT2D eigenvalue weighted by Gasteiger charge is -2.58. The fourth-order valence-corrected chi connectivity index (χ4v) is 8.27. The molecule has 5 nitrogen and oxygen atoms in total. The molecule has 4 bridgehead atoms. The average Bonchev–Trinajstić information content (AvgIpc) is 3.24. The zero-order valence-corrected chi connectivity index (χ0v) is 18.4. The molecule has 0 saturated heterocycles. The standard InChI is InChI=1S/C25H38N4O/c30-23(25-10-18-7-19(11-25)9-20(8-18)12-25)13-26-24-21-5-6-29(14-17-3-1-2-4-17)15-22(21)27-16-28-24/h16-20,23,30H,1-15H2,(H,26,27,28). The van der Waals surface area contributed by atoms with Gasteiger partial charge in [-0.25, -0.2) is 9.97 Å². The first-order chi connectivity index (χ1) is 14.7. The smallest absolute Gasteiger partial charge is 0.133 e. The Kier molecular flexibility index (Phi) is 5.02. The number of aromatic nitrogens is 2. The molecule has 5 heteroatoms. The molecule has 5 saturated carbocycles. The number of hydrogen-bond acceptors (Lipinski definition) is 5. The van der Waals surface area contributed by atoms with E-state index in [2.05, 4.69) is 20.2 Å². The number of aliphatic hydroxyl groups excluding tert-OH is 1. The summed E-state index contributed by atoms with van der Waals surface area (Å²) in [6.07, 6.45) is 16.2. The molecular formula is C25H38N4O. The summed E-state index contributed by atoms with van der Waals surface area (Å²) in [5.74, 6) is 4.50. The molecule has 164 valence electrons. The highest BCUT2D eigenvalue weighted by atomic mass is 16.3. The summed E-state index contributed by atoms with van der Waals surface area (Å²) in [4.78, 5) is 11.8. The second-order valence-electron chi connectivity index (χ2n) is 11.5. The first kappa shape index (κ1) is 19.5. The van der Waals surface area contributed by atoms with E-state index in [1.165, 1.54) is 82.0 Å². The van der Waals surface area contributed by atoms with E-state index < -0.39 is 0 Å². The Labute approximate surface area is 181 Å². The SMILES string of the molecule is OC(CNc1ncnc2c1CCN(CC1CCCC1)C2)C12CC3CC(CC(C3)C1)C2. The fourth-order valence-electron chi connectivity index (χ4n) is 8.27. The van der Waals surface area contributed by atoms with Crippen LogP contribution in [0.4, 0.5) is 5.82 Å². The number of nitrogens with one attached hydrogen (secondary N) is 1. The van der Waals surface area contributed by atoms with Crippen LogP contribution in [0.1, 0.15) is 75.5 Å². The van der Waals surface area contributed by atoms with Crippen molar-refractivity contribution in [2.75, 3.05) is 25.0 Å². The zero-order chi connectivity index (χ0) is 20.1. The van der Waals surface area contributed by atoms with Gasteiger partial charge in [-0.3, -0.25) is 4.90 Å². The van der Waals surface area contributed by atoms with Crippen molar-refractivity contribution >= 4 is 5.82 Å². The quantitative estimate of drug-likeness (QED) is 0.742. The molecule has 30 heavy (non-hydrogen) atoms. The summed E-state index contributed by atoms with van der Waals surface area (Å²) in [6.45, 7) is 3.95. The van der Waals surface area contributed by atoms with Crippen LogP contribution in [-0.2, 0) is 13.0 Å². The van der Waals surface area contributed by atoms with E-state index in [4.69, 9.17) is 0 Å². The maximum Gasteiger partial charge on any atom is 0.133 e. The summed E-state index contributed by atoms with van der Waals surface area (Å²) in [7, 11) is 0. The minimum Gasteiger partial charge on any atom is -0.391 e. The van der Waals surface area contributed by atoms with Crippen LogP contribution < -0.4 is 5.32 Å². The van der Waals surface area contributed by atoms with E-state index in [0.717, 1.165) is 49.0 Å². The largest absolute Gasteiger partial charge is 0.391 e.